The standard InChI is InChI=1S/C20H21N3OS/c1-13-8-9-17-18(10-13)25-20(22-17)23-11-16(12-23)19(24)21-14(2)15-6-4-3-5-7-15/h3-10,14,16H,11-12H2,1-2H3,(H,21,24). The third kappa shape index (κ3) is 3.24. The second kappa shape index (κ2) is 6.48. The number of hydrogen-bond acceptors (Lipinski definition) is 4. The Bertz CT molecular complexity index is 900. The first-order valence-corrected chi connectivity index (χ1v) is 9.39. The second-order valence-electron chi connectivity index (χ2n) is 6.71. The summed E-state index contributed by atoms with van der Waals surface area (Å²) in [5.74, 6) is 0.171. The minimum atomic E-state index is 0.0353. The molecule has 1 unspecified atom stereocenters. The minimum Gasteiger partial charge on any atom is -0.349 e. The molecular weight excluding hydrogens is 330 g/mol. The van der Waals surface area contributed by atoms with Crippen LogP contribution in [-0.4, -0.2) is 24.0 Å². The molecule has 0 spiro atoms. The van der Waals surface area contributed by atoms with E-state index in [1.165, 1.54) is 10.3 Å². The van der Waals surface area contributed by atoms with E-state index in [0.717, 1.165) is 29.3 Å². The van der Waals surface area contributed by atoms with Crippen LogP contribution in [0.3, 0.4) is 0 Å². The minimum absolute atomic E-state index is 0.0353. The smallest absolute Gasteiger partial charge is 0.227 e. The van der Waals surface area contributed by atoms with Gasteiger partial charge in [-0.3, -0.25) is 4.79 Å². The molecule has 1 N–H and O–H groups in total. The number of aryl methyl sites for hydroxylation is 1. The summed E-state index contributed by atoms with van der Waals surface area (Å²) < 4.78 is 1.21. The Labute approximate surface area is 151 Å². The number of rotatable bonds is 4. The van der Waals surface area contributed by atoms with Crippen LogP contribution in [0, 0.1) is 12.8 Å². The number of aromatic nitrogens is 1. The first-order chi connectivity index (χ1) is 12.1. The van der Waals surface area contributed by atoms with E-state index in [-0.39, 0.29) is 17.9 Å². The Kier molecular flexibility index (Phi) is 4.17. The van der Waals surface area contributed by atoms with E-state index in [0.29, 0.717) is 0 Å². The summed E-state index contributed by atoms with van der Waals surface area (Å²) in [5, 5.41) is 4.14. The maximum Gasteiger partial charge on any atom is 0.227 e. The van der Waals surface area contributed by atoms with E-state index in [1.54, 1.807) is 11.3 Å². The highest BCUT2D eigenvalue weighted by atomic mass is 32.1. The fraction of sp³-hybridized carbons (Fsp3) is 0.300. The molecule has 4 nitrogen and oxygen atoms in total. The topological polar surface area (TPSA) is 45.2 Å². The zero-order chi connectivity index (χ0) is 17.4. The van der Waals surface area contributed by atoms with Gasteiger partial charge in [0, 0.05) is 13.1 Å². The normalized spacial score (nSPS) is 15.8. The lowest BCUT2D eigenvalue weighted by Gasteiger charge is -2.38. The molecule has 0 saturated carbocycles. The molecule has 0 radical (unpaired) electrons. The summed E-state index contributed by atoms with van der Waals surface area (Å²) in [5.41, 5.74) is 3.42. The largest absolute Gasteiger partial charge is 0.349 e. The van der Waals surface area contributed by atoms with Crippen LogP contribution >= 0.6 is 11.3 Å². The van der Waals surface area contributed by atoms with Gasteiger partial charge in [-0.15, -0.1) is 0 Å². The third-order valence-corrected chi connectivity index (χ3v) is 5.79. The molecule has 5 heteroatoms. The number of benzene rings is 2. The number of nitrogens with zero attached hydrogens (tertiary/aromatic N) is 2. The van der Waals surface area contributed by atoms with Crippen molar-refractivity contribution in [3.8, 4) is 0 Å². The van der Waals surface area contributed by atoms with E-state index in [4.69, 9.17) is 4.98 Å². The zero-order valence-corrected chi connectivity index (χ0v) is 15.2. The van der Waals surface area contributed by atoms with Crippen molar-refractivity contribution in [1.29, 1.82) is 0 Å². The van der Waals surface area contributed by atoms with Crippen LogP contribution in [0.25, 0.3) is 10.2 Å². The van der Waals surface area contributed by atoms with Gasteiger partial charge in [0.05, 0.1) is 22.2 Å². The second-order valence-corrected chi connectivity index (χ2v) is 7.72. The number of thiazole rings is 1. The number of carbonyl (C=O) groups excluding carboxylic acids is 1. The van der Waals surface area contributed by atoms with E-state index < -0.39 is 0 Å². The third-order valence-electron chi connectivity index (χ3n) is 4.71. The molecule has 128 valence electrons. The maximum absolute atomic E-state index is 12.4. The van der Waals surface area contributed by atoms with E-state index in [9.17, 15) is 4.79 Å². The highest BCUT2D eigenvalue weighted by Gasteiger charge is 2.34. The van der Waals surface area contributed by atoms with Crippen molar-refractivity contribution < 1.29 is 4.79 Å². The number of carbonyl (C=O) groups is 1. The Balaban J connectivity index is 1.37. The Morgan fingerprint density at radius 3 is 2.76 bits per heavy atom. The van der Waals surface area contributed by atoms with Crippen molar-refractivity contribution in [3.05, 3.63) is 59.7 Å². The molecule has 1 fully saturated rings. The molecule has 1 saturated heterocycles. The van der Waals surface area contributed by atoms with Crippen molar-refractivity contribution >= 4 is 32.6 Å². The Morgan fingerprint density at radius 2 is 2.00 bits per heavy atom. The summed E-state index contributed by atoms with van der Waals surface area (Å²) >= 11 is 1.70. The van der Waals surface area contributed by atoms with Gasteiger partial charge in [0.1, 0.15) is 0 Å². The molecule has 0 bridgehead atoms. The highest BCUT2D eigenvalue weighted by molar-refractivity contribution is 7.22. The SMILES string of the molecule is Cc1ccc2nc(N3CC(C(=O)NC(C)c4ccccc4)C3)sc2c1. The summed E-state index contributed by atoms with van der Waals surface area (Å²) in [4.78, 5) is 19.3. The van der Waals surface area contributed by atoms with Gasteiger partial charge in [-0.25, -0.2) is 4.98 Å². The molecule has 1 aliphatic rings. The number of anilines is 1. The molecule has 2 heterocycles. The fourth-order valence-electron chi connectivity index (χ4n) is 3.11. The molecule has 1 amide bonds. The number of fused-ring (bicyclic) bond motifs is 1. The monoisotopic (exact) mass is 351 g/mol. The number of hydrogen-bond donors (Lipinski definition) is 1. The lowest BCUT2D eigenvalue weighted by atomic mass is 9.99. The van der Waals surface area contributed by atoms with Crippen molar-refractivity contribution in [2.45, 2.75) is 19.9 Å². The summed E-state index contributed by atoms with van der Waals surface area (Å²) in [6, 6.07) is 16.4. The molecule has 25 heavy (non-hydrogen) atoms. The molecule has 1 atom stereocenters. The quantitative estimate of drug-likeness (QED) is 0.775. The van der Waals surface area contributed by atoms with Gasteiger partial charge in [0.25, 0.3) is 0 Å². The lowest BCUT2D eigenvalue weighted by Crippen LogP contribution is -2.54. The molecule has 1 aliphatic heterocycles. The van der Waals surface area contributed by atoms with Gasteiger partial charge in [-0.05, 0) is 37.1 Å². The molecule has 3 aromatic rings. The zero-order valence-electron chi connectivity index (χ0n) is 14.4. The van der Waals surface area contributed by atoms with Gasteiger partial charge in [-0.2, -0.15) is 0 Å². The molecule has 1 aromatic heterocycles. The van der Waals surface area contributed by atoms with Crippen molar-refractivity contribution in [2.24, 2.45) is 5.92 Å². The summed E-state index contributed by atoms with van der Waals surface area (Å²) in [6.07, 6.45) is 0. The van der Waals surface area contributed by atoms with Crippen LogP contribution in [0.15, 0.2) is 48.5 Å². The summed E-state index contributed by atoms with van der Waals surface area (Å²) in [7, 11) is 0. The van der Waals surface area contributed by atoms with Crippen molar-refractivity contribution in [3.63, 3.8) is 0 Å². The first kappa shape index (κ1) is 16.1. The van der Waals surface area contributed by atoms with Crippen molar-refractivity contribution in [1.82, 2.24) is 10.3 Å². The van der Waals surface area contributed by atoms with Crippen LogP contribution in [0.1, 0.15) is 24.1 Å². The van der Waals surface area contributed by atoms with Gasteiger partial charge < -0.3 is 10.2 Å². The number of nitrogens with one attached hydrogen (secondary N) is 1. The van der Waals surface area contributed by atoms with Crippen LogP contribution in [-0.2, 0) is 4.79 Å². The highest BCUT2D eigenvalue weighted by Crippen LogP contribution is 2.33. The molecular formula is C20H21N3OS. The molecule has 4 rings (SSSR count). The van der Waals surface area contributed by atoms with E-state index in [2.05, 4.69) is 35.3 Å². The summed E-state index contributed by atoms with van der Waals surface area (Å²) in [6.45, 7) is 5.61. The average Bonchev–Trinajstić information content (AvgIpc) is 2.96. The van der Waals surface area contributed by atoms with Crippen LogP contribution in [0.2, 0.25) is 0 Å². The van der Waals surface area contributed by atoms with Gasteiger partial charge >= 0.3 is 0 Å². The Morgan fingerprint density at radius 1 is 1.24 bits per heavy atom. The number of amides is 1. The average molecular weight is 351 g/mol. The Hall–Kier alpha value is -2.40. The van der Waals surface area contributed by atoms with E-state index >= 15 is 0 Å². The molecule has 2 aromatic carbocycles. The predicted molar refractivity (Wildman–Crippen MR) is 103 cm³/mol. The van der Waals surface area contributed by atoms with Gasteiger partial charge in [-0.1, -0.05) is 47.7 Å². The predicted octanol–water partition coefficient (Wildman–Crippen LogP) is 3.92. The fourth-order valence-corrected chi connectivity index (χ4v) is 4.19. The van der Waals surface area contributed by atoms with Crippen LogP contribution in [0.4, 0.5) is 5.13 Å². The van der Waals surface area contributed by atoms with Crippen molar-refractivity contribution in [2.75, 3.05) is 18.0 Å². The maximum atomic E-state index is 12.4. The van der Waals surface area contributed by atoms with Crippen LogP contribution < -0.4 is 10.2 Å². The molecule has 0 aliphatic carbocycles. The van der Waals surface area contributed by atoms with E-state index in [1.807, 2.05) is 37.3 Å². The first-order valence-electron chi connectivity index (χ1n) is 8.57. The van der Waals surface area contributed by atoms with Gasteiger partial charge in [0.2, 0.25) is 5.91 Å². The lowest BCUT2D eigenvalue weighted by molar-refractivity contribution is -0.126. The van der Waals surface area contributed by atoms with Gasteiger partial charge in [0.15, 0.2) is 5.13 Å². The van der Waals surface area contributed by atoms with Crippen LogP contribution in [0.5, 0.6) is 0 Å².